The van der Waals surface area contributed by atoms with Crippen LogP contribution in [0.3, 0.4) is 0 Å². The Bertz CT molecular complexity index is 726. The number of benzene rings is 2. The molecule has 0 atom stereocenters. The molecule has 2 aromatic rings. The predicted octanol–water partition coefficient (Wildman–Crippen LogP) is 3.52. The smallest absolute Gasteiger partial charge is 0.173 e. The van der Waals surface area contributed by atoms with Gasteiger partial charge < -0.3 is 15.0 Å². The van der Waals surface area contributed by atoms with Crippen molar-refractivity contribution in [1.29, 1.82) is 0 Å². The third-order valence-corrected chi connectivity index (χ3v) is 4.95. The molecule has 25 heavy (non-hydrogen) atoms. The Morgan fingerprint density at radius 2 is 1.84 bits per heavy atom. The van der Waals surface area contributed by atoms with Crippen LogP contribution >= 0.6 is 12.2 Å². The van der Waals surface area contributed by atoms with Gasteiger partial charge in [0.1, 0.15) is 5.75 Å². The maximum atomic E-state index is 5.60. The second-order valence-corrected chi connectivity index (χ2v) is 6.75. The second kappa shape index (κ2) is 8.32. The van der Waals surface area contributed by atoms with E-state index in [-0.39, 0.29) is 0 Å². The van der Waals surface area contributed by atoms with Crippen LogP contribution in [0.1, 0.15) is 11.1 Å². The van der Waals surface area contributed by atoms with Crippen molar-refractivity contribution in [3.8, 4) is 5.75 Å². The van der Waals surface area contributed by atoms with Crippen molar-refractivity contribution in [3.63, 3.8) is 0 Å². The highest BCUT2D eigenvalue weighted by Crippen LogP contribution is 2.17. The number of aryl methyl sites for hydroxylation is 1. The molecule has 0 aromatic heterocycles. The summed E-state index contributed by atoms with van der Waals surface area (Å²) >= 11 is 5.60. The number of methoxy groups -OCH3 is 1. The van der Waals surface area contributed by atoms with E-state index in [1.807, 2.05) is 24.3 Å². The lowest BCUT2D eigenvalue weighted by molar-refractivity contribution is 0.177. The molecular formula is C20H25N3OS. The quantitative estimate of drug-likeness (QED) is 0.847. The molecule has 0 amide bonds. The summed E-state index contributed by atoms with van der Waals surface area (Å²) in [5, 5.41) is 4.20. The molecular weight excluding hydrogens is 330 g/mol. The van der Waals surface area contributed by atoms with E-state index < -0.39 is 0 Å². The minimum Gasteiger partial charge on any atom is -0.497 e. The van der Waals surface area contributed by atoms with Crippen molar-refractivity contribution in [2.24, 2.45) is 0 Å². The molecule has 1 fully saturated rings. The Labute approximate surface area is 155 Å². The molecule has 0 unspecified atom stereocenters. The maximum absolute atomic E-state index is 5.60. The SMILES string of the molecule is COc1cccc(CN2CCN(C(=S)Nc3ccccc3C)CC2)c1. The maximum Gasteiger partial charge on any atom is 0.173 e. The van der Waals surface area contributed by atoms with Gasteiger partial charge in [-0.3, -0.25) is 4.90 Å². The molecule has 0 saturated carbocycles. The Morgan fingerprint density at radius 3 is 2.56 bits per heavy atom. The van der Waals surface area contributed by atoms with Gasteiger partial charge in [-0.25, -0.2) is 0 Å². The van der Waals surface area contributed by atoms with Crippen LogP contribution in [0.5, 0.6) is 5.75 Å². The van der Waals surface area contributed by atoms with Crippen molar-refractivity contribution >= 4 is 23.0 Å². The Balaban J connectivity index is 1.51. The highest BCUT2D eigenvalue weighted by Gasteiger charge is 2.19. The summed E-state index contributed by atoms with van der Waals surface area (Å²) in [6, 6.07) is 16.5. The van der Waals surface area contributed by atoms with Crippen molar-refractivity contribution in [2.75, 3.05) is 38.6 Å². The van der Waals surface area contributed by atoms with Crippen LogP contribution in [0.15, 0.2) is 48.5 Å². The van der Waals surface area contributed by atoms with E-state index >= 15 is 0 Å². The number of anilines is 1. The first-order valence-corrected chi connectivity index (χ1v) is 9.03. The van der Waals surface area contributed by atoms with E-state index in [9.17, 15) is 0 Å². The highest BCUT2D eigenvalue weighted by molar-refractivity contribution is 7.80. The lowest BCUT2D eigenvalue weighted by Crippen LogP contribution is -2.49. The largest absolute Gasteiger partial charge is 0.497 e. The number of piperazine rings is 1. The van der Waals surface area contributed by atoms with Gasteiger partial charge in [0.25, 0.3) is 0 Å². The first kappa shape index (κ1) is 17.7. The van der Waals surface area contributed by atoms with Crippen molar-refractivity contribution in [1.82, 2.24) is 9.80 Å². The number of para-hydroxylation sites is 1. The monoisotopic (exact) mass is 355 g/mol. The molecule has 1 aliphatic heterocycles. The van der Waals surface area contributed by atoms with Crippen LogP contribution < -0.4 is 10.1 Å². The topological polar surface area (TPSA) is 27.7 Å². The normalized spacial score (nSPS) is 15.0. The average molecular weight is 356 g/mol. The van der Waals surface area contributed by atoms with Crippen LogP contribution in [0.25, 0.3) is 0 Å². The van der Waals surface area contributed by atoms with E-state index in [1.54, 1.807) is 7.11 Å². The van der Waals surface area contributed by atoms with E-state index in [1.165, 1.54) is 11.1 Å². The molecule has 2 aromatic carbocycles. The van der Waals surface area contributed by atoms with E-state index in [2.05, 4.69) is 46.3 Å². The van der Waals surface area contributed by atoms with Crippen molar-refractivity contribution in [2.45, 2.75) is 13.5 Å². The number of nitrogens with one attached hydrogen (secondary N) is 1. The molecule has 5 heteroatoms. The standard InChI is InChI=1S/C20H25N3OS/c1-16-6-3-4-9-19(16)21-20(25)23-12-10-22(11-13-23)15-17-7-5-8-18(14-17)24-2/h3-9,14H,10-13,15H2,1-2H3,(H,21,25). The zero-order valence-corrected chi connectivity index (χ0v) is 15.7. The van der Waals surface area contributed by atoms with E-state index in [0.717, 1.165) is 49.3 Å². The molecule has 1 aliphatic rings. The minimum absolute atomic E-state index is 0.815. The van der Waals surface area contributed by atoms with Gasteiger partial charge in [-0.2, -0.15) is 0 Å². The molecule has 132 valence electrons. The Kier molecular flexibility index (Phi) is 5.89. The van der Waals surface area contributed by atoms with Crippen LogP contribution in [0.2, 0.25) is 0 Å². The fourth-order valence-corrected chi connectivity index (χ4v) is 3.34. The number of thiocarbonyl (C=S) groups is 1. The van der Waals surface area contributed by atoms with Gasteiger partial charge in [0, 0.05) is 38.4 Å². The minimum atomic E-state index is 0.815. The fraction of sp³-hybridized carbons (Fsp3) is 0.350. The van der Waals surface area contributed by atoms with Gasteiger partial charge in [-0.05, 0) is 48.5 Å². The third kappa shape index (κ3) is 4.71. The van der Waals surface area contributed by atoms with Crippen LogP contribution in [-0.2, 0) is 6.54 Å². The summed E-state index contributed by atoms with van der Waals surface area (Å²) in [5.41, 5.74) is 3.58. The van der Waals surface area contributed by atoms with Gasteiger partial charge in [0.2, 0.25) is 0 Å². The van der Waals surface area contributed by atoms with Crippen LogP contribution in [0.4, 0.5) is 5.69 Å². The number of hydrogen-bond donors (Lipinski definition) is 1. The summed E-state index contributed by atoms with van der Waals surface area (Å²) in [6.45, 7) is 6.95. The van der Waals surface area contributed by atoms with Gasteiger partial charge in [-0.15, -0.1) is 0 Å². The van der Waals surface area contributed by atoms with Gasteiger partial charge in [-0.1, -0.05) is 30.3 Å². The lowest BCUT2D eigenvalue weighted by Gasteiger charge is -2.36. The van der Waals surface area contributed by atoms with Crippen LogP contribution in [0, 0.1) is 6.92 Å². The van der Waals surface area contributed by atoms with Crippen molar-refractivity contribution < 1.29 is 4.74 Å². The Morgan fingerprint density at radius 1 is 1.08 bits per heavy atom. The van der Waals surface area contributed by atoms with Crippen LogP contribution in [-0.4, -0.2) is 48.2 Å². The molecule has 1 heterocycles. The number of rotatable bonds is 4. The molecule has 1 N–H and O–H groups in total. The molecule has 1 saturated heterocycles. The average Bonchev–Trinajstić information content (AvgIpc) is 2.64. The lowest BCUT2D eigenvalue weighted by atomic mass is 10.2. The Hall–Kier alpha value is -2.11. The molecule has 3 rings (SSSR count). The first-order chi connectivity index (χ1) is 12.2. The predicted molar refractivity (Wildman–Crippen MR) is 107 cm³/mol. The van der Waals surface area contributed by atoms with Gasteiger partial charge in [0.05, 0.1) is 7.11 Å². The van der Waals surface area contributed by atoms with E-state index in [4.69, 9.17) is 17.0 Å². The molecule has 0 bridgehead atoms. The van der Waals surface area contributed by atoms with Gasteiger partial charge >= 0.3 is 0 Å². The summed E-state index contributed by atoms with van der Waals surface area (Å²) in [5.74, 6) is 0.916. The number of ether oxygens (including phenoxy) is 1. The molecule has 0 aliphatic carbocycles. The number of hydrogen-bond acceptors (Lipinski definition) is 3. The second-order valence-electron chi connectivity index (χ2n) is 6.36. The summed E-state index contributed by atoms with van der Waals surface area (Å²) in [7, 11) is 1.71. The fourth-order valence-electron chi connectivity index (χ4n) is 3.05. The zero-order chi connectivity index (χ0) is 17.6. The summed E-state index contributed by atoms with van der Waals surface area (Å²) < 4.78 is 5.31. The molecule has 0 spiro atoms. The van der Waals surface area contributed by atoms with E-state index in [0.29, 0.717) is 0 Å². The summed E-state index contributed by atoms with van der Waals surface area (Å²) in [4.78, 5) is 4.71. The van der Waals surface area contributed by atoms with Gasteiger partial charge in [0.15, 0.2) is 5.11 Å². The molecule has 4 nitrogen and oxygen atoms in total. The first-order valence-electron chi connectivity index (χ1n) is 8.62. The number of nitrogens with zero attached hydrogens (tertiary/aromatic N) is 2. The zero-order valence-electron chi connectivity index (χ0n) is 14.9. The highest BCUT2D eigenvalue weighted by atomic mass is 32.1. The van der Waals surface area contributed by atoms with Crippen molar-refractivity contribution in [3.05, 3.63) is 59.7 Å². The third-order valence-electron chi connectivity index (χ3n) is 4.59. The summed E-state index contributed by atoms with van der Waals surface area (Å²) in [6.07, 6.45) is 0. The molecule has 0 radical (unpaired) electrons.